The van der Waals surface area contributed by atoms with Gasteiger partial charge in [0.1, 0.15) is 0 Å². The van der Waals surface area contributed by atoms with E-state index in [0.717, 1.165) is 25.4 Å². The van der Waals surface area contributed by atoms with Crippen LogP contribution in [-0.2, 0) is 9.47 Å². The molecule has 1 rings (SSSR count). The first-order valence-corrected chi connectivity index (χ1v) is 7.16. The van der Waals surface area contributed by atoms with Crippen molar-refractivity contribution in [2.75, 3.05) is 39.6 Å². The molecule has 1 fully saturated rings. The summed E-state index contributed by atoms with van der Waals surface area (Å²) in [6.45, 7) is 7.58. The lowest BCUT2D eigenvalue weighted by Crippen LogP contribution is -2.38. The topological polar surface area (TPSA) is 21.7 Å². The zero-order valence-electron chi connectivity index (χ0n) is 11.6. The van der Waals surface area contributed by atoms with Gasteiger partial charge in [0.2, 0.25) is 0 Å². The molecule has 4 heteroatoms. The van der Waals surface area contributed by atoms with E-state index in [1.807, 2.05) is 0 Å². The molecule has 102 valence electrons. The molecule has 2 atom stereocenters. The Morgan fingerprint density at radius 1 is 1.12 bits per heavy atom. The van der Waals surface area contributed by atoms with Crippen molar-refractivity contribution in [3.63, 3.8) is 0 Å². The standard InChI is InChI=1S/C13H27NO2S/c1-5-13(6-2,10-17)9-14-7-11(15-3)12(8-14)16-4/h11-12,17H,5-10H2,1-4H3. The number of likely N-dealkylation sites (tertiary alicyclic amines) is 1. The normalized spacial score (nSPS) is 26.6. The van der Waals surface area contributed by atoms with Crippen LogP contribution in [0.1, 0.15) is 26.7 Å². The average molecular weight is 261 g/mol. The highest BCUT2D eigenvalue weighted by Gasteiger charge is 2.36. The van der Waals surface area contributed by atoms with Gasteiger partial charge < -0.3 is 9.47 Å². The molecule has 1 heterocycles. The molecule has 1 aliphatic heterocycles. The highest BCUT2D eigenvalue weighted by Crippen LogP contribution is 2.31. The second-order valence-corrected chi connectivity index (χ2v) is 5.42. The van der Waals surface area contributed by atoms with Crippen molar-refractivity contribution in [3.05, 3.63) is 0 Å². The van der Waals surface area contributed by atoms with Gasteiger partial charge in [-0.3, -0.25) is 4.90 Å². The fourth-order valence-electron chi connectivity index (χ4n) is 2.62. The number of hydrogen-bond acceptors (Lipinski definition) is 4. The second-order valence-electron chi connectivity index (χ2n) is 5.11. The highest BCUT2D eigenvalue weighted by atomic mass is 32.1. The molecular weight excluding hydrogens is 234 g/mol. The van der Waals surface area contributed by atoms with Gasteiger partial charge in [0.25, 0.3) is 0 Å². The van der Waals surface area contributed by atoms with Crippen molar-refractivity contribution in [2.45, 2.75) is 38.9 Å². The molecule has 1 aliphatic rings. The summed E-state index contributed by atoms with van der Waals surface area (Å²) in [5, 5.41) is 0. The van der Waals surface area contributed by atoms with Crippen molar-refractivity contribution in [1.29, 1.82) is 0 Å². The van der Waals surface area contributed by atoms with E-state index in [9.17, 15) is 0 Å². The van der Waals surface area contributed by atoms with E-state index in [1.165, 1.54) is 12.8 Å². The molecule has 0 saturated carbocycles. The van der Waals surface area contributed by atoms with Crippen LogP contribution in [0.5, 0.6) is 0 Å². The maximum atomic E-state index is 5.47. The minimum Gasteiger partial charge on any atom is -0.377 e. The summed E-state index contributed by atoms with van der Waals surface area (Å²) in [6, 6.07) is 0. The fraction of sp³-hybridized carbons (Fsp3) is 1.00. The van der Waals surface area contributed by atoms with E-state index in [0.29, 0.717) is 5.41 Å². The van der Waals surface area contributed by atoms with Gasteiger partial charge in [-0.15, -0.1) is 0 Å². The van der Waals surface area contributed by atoms with Gasteiger partial charge in [0.15, 0.2) is 0 Å². The molecular formula is C13H27NO2S. The summed E-state index contributed by atoms with van der Waals surface area (Å²) in [7, 11) is 3.54. The van der Waals surface area contributed by atoms with Crippen LogP contribution in [0.15, 0.2) is 0 Å². The van der Waals surface area contributed by atoms with Crippen molar-refractivity contribution in [3.8, 4) is 0 Å². The number of nitrogens with zero attached hydrogens (tertiary/aromatic N) is 1. The Labute approximate surface area is 111 Å². The number of hydrogen-bond donors (Lipinski definition) is 1. The minimum atomic E-state index is 0.214. The van der Waals surface area contributed by atoms with Crippen LogP contribution in [0.25, 0.3) is 0 Å². The van der Waals surface area contributed by atoms with Crippen molar-refractivity contribution in [2.24, 2.45) is 5.41 Å². The van der Waals surface area contributed by atoms with Crippen LogP contribution in [0.3, 0.4) is 0 Å². The van der Waals surface area contributed by atoms with Crippen LogP contribution < -0.4 is 0 Å². The highest BCUT2D eigenvalue weighted by molar-refractivity contribution is 7.80. The summed E-state index contributed by atoms with van der Waals surface area (Å²) < 4.78 is 10.9. The van der Waals surface area contributed by atoms with Crippen LogP contribution in [0.2, 0.25) is 0 Å². The summed E-state index contributed by atoms with van der Waals surface area (Å²) in [4.78, 5) is 2.46. The van der Waals surface area contributed by atoms with Crippen LogP contribution in [-0.4, -0.2) is 56.7 Å². The molecule has 17 heavy (non-hydrogen) atoms. The molecule has 0 N–H and O–H groups in total. The molecule has 0 amide bonds. The SMILES string of the molecule is CCC(CC)(CS)CN1CC(OC)C(OC)C1. The number of methoxy groups -OCH3 is 2. The van der Waals surface area contributed by atoms with Gasteiger partial charge in [-0.05, 0) is 24.0 Å². The lowest BCUT2D eigenvalue weighted by Gasteiger charge is -2.34. The zero-order valence-corrected chi connectivity index (χ0v) is 12.5. The Morgan fingerprint density at radius 3 is 1.88 bits per heavy atom. The maximum absolute atomic E-state index is 5.47. The van der Waals surface area contributed by atoms with Gasteiger partial charge in [-0.1, -0.05) is 13.8 Å². The largest absolute Gasteiger partial charge is 0.377 e. The molecule has 0 bridgehead atoms. The van der Waals surface area contributed by atoms with E-state index in [1.54, 1.807) is 14.2 Å². The fourth-order valence-corrected chi connectivity index (χ4v) is 3.17. The molecule has 2 unspecified atom stereocenters. The Morgan fingerprint density at radius 2 is 1.59 bits per heavy atom. The van der Waals surface area contributed by atoms with Crippen molar-refractivity contribution in [1.82, 2.24) is 4.90 Å². The smallest absolute Gasteiger partial charge is 0.0971 e. The molecule has 0 aromatic rings. The summed E-state index contributed by atoms with van der Waals surface area (Å²) in [5.74, 6) is 0.950. The Kier molecular flexibility index (Phi) is 6.27. The summed E-state index contributed by atoms with van der Waals surface area (Å²) in [6.07, 6.45) is 2.79. The third-order valence-corrected chi connectivity index (χ3v) is 4.96. The lowest BCUT2D eigenvalue weighted by molar-refractivity contribution is -0.00461. The third-order valence-electron chi connectivity index (χ3n) is 4.29. The molecule has 0 aliphatic carbocycles. The van der Waals surface area contributed by atoms with E-state index < -0.39 is 0 Å². The first-order valence-electron chi connectivity index (χ1n) is 6.53. The predicted octanol–water partition coefficient (Wildman–Crippen LogP) is 2.07. The maximum Gasteiger partial charge on any atom is 0.0971 e. The Bertz CT molecular complexity index is 201. The van der Waals surface area contributed by atoms with Crippen LogP contribution in [0, 0.1) is 5.41 Å². The van der Waals surface area contributed by atoms with Crippen LogP contribution in [0.4, 0.5) is 0 Å². The molecule has 1 saturated heterocycles. The van der Waals surface area contributed by atoms with Crippen molar-refractivity contribution >= 4 is 12.6 Å². The number of thiol groups is 1. The summed E-state index contributed by atoms with van der Waals surface area (Å²) >= 11 is 4.54. The molecule has 0 aromatic heterocycles. The second kappa shape index (κ2) is 6.98. The minimum absolute atomic E-state index is 0.214. The van der Waals surface area contributed by atoms with Gasteiger partial charge in [0, 0.05) is 33.9 Å². The molecule has 3 nitrogen and oxygen atoms in total. The van der Waals surface area contributed by atoms with E-state index in [2.05, 4.69) is 31.4 Å². The van der Waals surface area contributed by atoms with Gasteiger partial charge in [-0.25, -0.2) is 0 Å². The van der Waals surface area contributed by atoms with Crippen molar-refractivity contribution < 1.29 is 9.47 Å². The zero-order chi connectivity index (χ0) is 12.9. The molecule has 0 spiro atoms. The third kappa shape index (κ3) is 3.60. The van der Waals surface area contributed by atoms with Gasteiger partial charge >= 0.3 is 0 Å². The van der Waals surface area contributed by atoms with E-state index in [-0.39, 0.29) is 12.2 Å². The van der Waals surface area contributed by atoms with E-state index in [4.69, 9.17) is 9.47 Å². The Hall–Kier alpha value is 0.230. The molecule has 0 radical (unpaired) electrons. The first-order chi connectivity index (χ1) is 8.14. The number of rotatable bonds is 7. The molecule has 0 aromatic carbocycles. The Balaban J connectivity index is 2.58. The quantitative estimate of drug-likeness (QED) is 0.709. The lowest BCUT2D eigenvalue weighted by atomic mass is 9.84. The predicted molar refractivity (Wildman–Crippen MR) is 74.9 cm³/mol. The van der Waals surface area contributed by atoms with E-state index >= 15 is 0 Å². The van der Waals surface area contributed by atoms with Crippen LogP contribution >= 0.6 is 12.6 Å². The number of ether oxygens (including phenoxy) is 2. The monoisotopic (exact) mass is 261 g/mol. The summed E-state index contributed by atoms with van der Waals surface area (Å²) in [5.41, 5.74) is 0.337. The van der Waals surface area contributed by atoms with Gasteiger partial charge in [-0.2, -0.15) is 12.6 Å². The van der Waals surface area contributed by atoms with Gasteiger partial charge in [0.05, 0.1) is 12.2 Å². The first kappa shape index (κ1) is 15.3. The average Bonchev–Trinajstić information content (AvgIpc) is 2.78.